The molecule has 1 aromatic carbocycles. The Kier molecular flexibility index (Phi) is 5.67. The van der Waals surface area contributed by atoms with Crippen molar-refractivity contribution in [2.45, 2.75) is 45.6 Å². The number of rotatable bonds is 4. The SMILES string of the molecule is CC(C)CN(C(=O)c1ccc(Br)cc1Br)C1CCCC1. The van der Waals surface area contributed by atoms with E-state index in [4.69, 9.17) is 0 Å². The molecule has 0 unspecified atom stereocenters. The molecule has 2 rings (SSSR count). The molecule has 1 aromatic rings. The van der Waals surface area contributed by atoms with Crippen LogP contribution >= 0.6 is 31.9 Å². The Morgan fingerprint density at radius 2 is 1.95 bits per heavy atom. The monoisotopic (exact) mass is 401 g/mol. The third-order valence-electron chi connectivity index (χ3n) is 3.75. The second-order valence-corrected chi connectivity index (χ2v) is 7.68. The van der Waals surface area contributed by atoms with Crippen molar-refractivity contribution in [3.63, 3.8) is 0 Å². The summed E-state index contributed by atoms with van der Waals surface area (Å²) >= 11 is 6.95. The summed E-state index contributed by atoms with van der Waals surface area (Å²) < 4.78 is 1.85. The maximum absolute atomic E-state index is 12.9. The molecule has 1 amide bonds. The molecule has 0 radical (unpaired) electrons. The minimum Gasteiger partial charge on any atom is -0.335 e. The summed E-state index contributed by atoms with van der Waals surface area (Å²) in [6, 6.07) is 6.19. The number of carbonyl (C=O) groups is 1. The third kappa shape index (κ3) is 3.85. The van der Waals surface area contributed by atoms with Crippen molar-refractivity contribution in [2.24, 2.45) is 5.92 Å². The van der Waals surface area contributed by atoms with Crippen LogP contribution in [0.25, 0.3) is 0 Å². The van der Waals surface area contributed by atoms with Crippen molar-refractivity contribution in [1.82, 2.24) is 4.90 Å². The standard InChI is InChI=1S/C16H21Br2NO/c1-11(2)10-19(13-5-3-4-6-13)16(20)14-8-7-12(17)9-15(14)18/h7-9,11,13H,3-6,10H2,1-2H3. The van der Waals surface area contributed by atoms with Gasteiger partial charge in [0, 0.05) is 21.5 Å². The van der Waals surface area contributed by atoms with Crippen LogP contribution in [0.15, 0.2) is 27.1 Å². The van der Waals surface area contributed by atoms with Gasteiger partial charge in [0.25, 0.3) is 5.91 Å². The highest BCUT2D eigenvalue weighted by Gasteiger charge is 2.28. The van der Waals surface area contributed by atoms with Crippen molar-refractivity contribution in [1.29, 1.82) is 0 Å². The minimum atomic E-state index is 0.157. The first kappa shape index (κ1) is 16.0. The van der Waals surface area contributed by atoms with E-state index in [2.05, 4.69) is 50.6 Å². The normalized spacial score (nSPS) is 15.8. The number of hydrogen-bond donors (Lipinski definition) is 0. The molecular weight excluding hydrogens is 382 g/mol. The summed E-state index contributed by atoms with van der Waals surface area (Å²) in [5.74, 6) is 0.652. The van der Waals surface area contributed by atoms with Gasteiger partial charge in [0.15, 0.2) is 0 Å². The van der Waals surface area contributed by atoms with Gasteiger partial charge in [-0.25, -0.2) is 0 Å². The molecule has 0 spiro atoms. The molecule has 1 aliphatic carbocycles. The number of hydrogen-bond acceptors (Lipinski definition) is 1. The van der Waals surface area contributed by atoms with E-state index in [1.165, 1.54) is 12.8 Å². The van der Waals surface area contributed by atoms with Crippen molar-refractivity contribution >= 4 is 37.8 Å². The molecule has 0 aliphatic heterocycles. The molecule has 110 valence electrons. The molecule has 0 saturated heterocycles. The van der Waals surface area contributed by atoms with Crippen molar-refractivity contribution in [3.8, 4) is 0 Å². The summed E-state index contributed by atoms with van der Waals surface area (Å²) in [4.78, 5) is 15.0. The van der Waals surface area contributed by atoms with Crippen molar-refractivity contribution < 1.29 is 4.79 Å². The molecule has 4 heteroatoms. The molecule has 0 N–H and O–H groups in total. The maximum Gasteiger partial charge on any atom is 0.255 e. The maximum atomic E-state index is 12.9. The summed E-state index contributed by atoms with van der Waals surface area (Å²) in [5, 5.41) is 0. The molecule has 1 saturated carbocycles. The molecular formula is C16H21Br2NO. The van der Waals surface area contributed by atoms with Crippen LogP contribution in [0, 0.1) is 5.92 Å². The van der Waals surface area contributed by atoms with E-state index in [0.717, 1.165) is 33.9 Å². The van der Waals surface area contributed by atoms with Gasteiger partial charge in [0.05, 0.1) is 5.56 Å². The van der Waals surface area contributed by atoms with Gasteiger partial charge in [0.2, 0.25) is 0 Å². The van der Waals surface area contributed by atoms with Crippen LogP contribution in [0.4, 0.5) is 0 Å². The van der Waals surface area contributed by atoms with Gasteiger partial charge in [-0.1, -0.05) is 42.6 Å². The molecule has 0 bridgehead atoms. The van der Waals surface area contributed by atoms with Crippen LogP contribution in [-0.2, 0) is 0 Å². The van der Waals surface area contributed by atoms with Gasteiger partial charge in [-0.3, -0.25) is 4.79 Å². The summed E-state index contributed by atoms with van der Waals surface area (Å²) in [5.41, 5.74) is 0.765. The Morgan fingerprint density at radius 3 is 2.50 bits per heavy atom. The quantitative estimate of drug-likeness (QED) is 0.673. The molecule has 20 heavy (non-hydrogen) atoms. The molecule has 1 fully saturated rings. The molecule has 0 atom stereocenters. The lowest BCUT2D eigenvalue weighted by molar-refractivity contribution is 0.0654. The van der Waals surface area contributed by atoms with Gasteiger partial charge < -0.3 is 4.90 Å². The second-order valence-electron chi connectivity index (χ2n) is 5.91. The highest BCUT2D eigenvalue weighted by atomic mass is 79.9. The lowest BCUT2D eigenvalue weighted by Gasteiger charge is -2.31. The highest BCUT2D eigenvalue weighted by molar-refractivity contribution is 9.11. The first-order valence-corrected chi connectivity index (χ1v) is 8.83. The number of amides is 1. The minimum absolute atomic E-state index is 0.157. The van der Waals surface area contributed by atoms with Crippen LogP contribution in [0.1, 0.15) is 49.9 Å². The Balaban J connectivity index is 2.24. The van der Waals surface area contributed by atoms with Gasteiger partial charge in [-0.2, -0.15) is 0 Å². The van der Waals surface area contributed by atoms with E-state index in [9.17, 15) is 4.79 Å². The first-order valence-electron chi connectivity index (χ1n) is 7.25. The zero-order valence-electron chi connectivity index (χ0n) is 12.0. The largest absolute Gasteiger partial charge is 0.335 e. The average Bonchev–Trinajstić information content (AvgIpc) is 2.88. The van der Waals surface area contributed by atoms with Crippen LogP contribution in [0.3, 0.4) is 0 Å². The number of carbonyl (C=O) groups excluding carboxylic acids is 1. The smallest absolute Gasteiger partial charge is 0.255 e. The topological polar surface area (TPSA) is 20.3 Å². The van der Waals surface area contributed by atoms with Gasteiger partial charge >= 0.3 is 0 Å². The molecule has 1 aliphatic rings. The van der Waals surface area contributed by atoms with E-state index in [1.54, 1.807) is 0 Å². The van der Waals surface area contributed by atoms with Crippen LogP contribution in [0.2, 0.25) is 0 Å². The van der Waals surface area contributed by atoms with Crippen LogP contribution in [0.5, 0.6) is 0 Å². The van der Waals surface area contributed by atoms with E-state index < -0.39 is 0 Å². The fourth-order valence-electron chi connectivity index (χ4n) is 2.82. The zero-order chi connectivity index (χ0) is 14.7. The number of nitrogens with zero attached hydrogens (tertiary/aromatic N) is 1. The lowest BCUT2D eigenvalue weighted by atomic mass is 10.1. The average molecular weight is 403 g/mol. The predicted octanol–water partition coefficient (Wildman–Crippen LogP) is 5.25. The van der Waals surface area contributed by atoms with Gasteiger partial charge in [-0.15, -0.1) is 0 Å². The number of halogens is 2. The summed E-state index contributed by atoms with van der Waals surface area (Å²) in [6.07, 6.45) is 4.78. The zero-order valence-corrected chi connectivity index (χ0v) is 15.2. The fourth-order valence-corrected chi connectivity index (χ4v) is 4.04. The lowest BCUT2D eigenvalue weighted by Crippen LogP contribution is -2.41. The Hall–Kier alpha value is -0.350. The Morgan fingerprint density at radius 1 is 1.30 bits per heavy atom. The van der Waals surface area contributed by atoms with E-state index in [0.29, 0.717) is 12.0 Å². The number of benzene rings is 1. The van der Waals surface area contributed by atoms with E-state index in [1.807, 2.05) is 18.2 Å². The third-order valence-corrected chi connectivity index (χ3v) is 4.90. The summed E-state index contributed by atoms with van der Waals surface area (Å²) in [6.45, 7) is 5.18. The van der Waals surface area contributed by atoms with Crippen LogP contribution < -0.4 is 0 Å². The first-order chi connectivity index (χ1) is 9.49. The van der Waals surface area contributed by atoms with Crippen molar-refractivity contribution in [3.05, 3.63) is 32.7 Å². The second kappa shape index (κ2) is 7.08. The molecule has 0 heterocycles. The predicted molar refractivity (Wildman–Crippen MR) is 90.0 cm³/mol. The molecule has 0 aromatic heterocycles. The van der Waals surface area contributed by atoms with Gasteiger partial charge in [0.1, 0.15) is 0 Å². The van der Waals surface area contributed by atoms with Crippen LogP contribution in [-0.4, -0.2) is 23.4 Å². The van der Waals surface area contributed by atoms with E-state index >= 15 is 0 Å². The van der Waals surface area contributed by atoms with Crippen molar-refractivity contribution in [2.75, 3.05) is 6.54 Å². The summed E-state index contributed by atoms with van der Waals surface area (Å²) in [7, 11) is 0. The van der Waals surface area contributed by atoms with E-state index in [-0.39, 0.29) is 5.91 Å². The molecule has 2 nitrogen and oxygen atoms in total. The highest BCUT2D eigenvalue weighted by Crippen LogP contribution is 2.28. The Labute approximate surface area is 138 Å². The fraction of sp³-hybridized carbons (Fsp3) is 0.562. The van der Waals surface area contributed by atoms with Gasteiger partial charge in [-0.05, 0) is 52.9 Å². The Bertz CT molecular complexity index is 481.